The third-order valence-electron chi connectivity index (χ3n) is 4.46. The monoisotopic (exact) mass is 324 g/mol. The van der Waals surface area contributed by atoms with Gasteiger partial charge in [-0.05, 0) is 18.9 Å². The zero-order valence-corrected chi connectivity index (χ0v) is 15.4. The Morgan fingerprint density at radius 2 is 2.09 bits per heavy atom. The van der Waals surface area contributed by atoms with Gasteiger partial charge in [0.1, 0.15) is 5.01 Å². The van der Waals surface area contributed by atoms with E-state index in [1.54, 1.807) is 0 Å². The summed E-state index contributed by atoms with van der Waals surface area (Å²) >= 11 is 1.42. The molecule has 1 aromatic heterocycles. The molecule has 0 spiro atoms. The van der Waals surface area contributed by atoms with Crippen LogP contribution in [0.25, 0.3) is 0 Å². The van der Waals surface area contributed by atoms with Crippen molar-refractivity contribution < 1.29 is 4.79 Å². The van der Waals surface area contributed by atoms with Crippen LogP contribution < -0.4 is 0 Å². The van der Waals surface area contributed by atoms with Crippen LogP contribution in [-0.4, -0.2) is 58.6 Å². The highest BCUT2D eigenvalue weighted by atomic mass is 32.1. The number of hydrogen-bond acceptors (Lipinski definition) is 5. The van der Waals surface area contributed by atoms with Crippen molar-refractivity contribution in [2.75, 3.05) is 26.7 Å². The molecule has 0 aliphatic carbocycles. The Labute approximate surface area is 137 Å². The molecule has 5 nitrogen and oxygen atoms in total. The number of aromatic nitrogens is 2. The molecule has 0 N–H and O–H groups in total. The summed E-state index contributed by atoms with van der Waals surface area (Å²) in [6, 6.07) is 0.289. The van der Waals surface area contributed by atoms with Gasteiger partial charge in [0.25, 0.3) is 5.91 Å². The standard InChI is InChI=1S/C16H28N4OS/c1-7-20-9-8-12(11(2)10-20)19(6)14(21)13-17-18-15(22-13)16(3,4)5/h11-12H,7-10H2,1-6H3/t11-,12+/m1/s1. The number of likely N-dealkylation sites (tertiary alicyclic amines) is 1. The van der Waals surface area contributed by atoms with Crippen molar-refractivity contribution in [3.63, 3.8) is 0 Å². The van der Waals surface area contributed by atoms with Crippen molar-refractivity contribution in [3.05, 3.63) is 10.0 Å². The average molecular weight is 324 g/mol. The van der Waals surface area contributed by atoms with Crippen LogP contribution in [0.15, 0.2) is 0 Å². The summed E-state index contributed by atoms with van der Waals surface area (Å²) in [6.07, 6.45) is 1.03. The van der Waals surface area contributed by atoms with E-state index < -0.39 is 0 Å². The molecule has 0 aromatic carbocycles. The minimum atomic E-state index is -0.0610. The second kappa shape index (κ2) is 6.62. The predicted octanol–water partition coefficient (Wildman–Crippen LogP) is 2.64. The molecule has 2 atom stereocenters. The van der Waals surface area contributed by atoms with E-state index >= 15 is 0 Å². The Bertz CT molecular complexity index is 522. The Morgan fingerprint density at radius 3 is 2.59 bits per heavy atom. The highest BCUT2D eigenvalue weighted by Gasteiger charge is 2.32. The quantitative estimate of drug-likeness (QED) is 0.857. The lowest BCUT2D eigenvalue weighted by Gasteiger charge is -2.40. The summed E-state index contributed by atoms with van der Waals surface area (Å²) in [5.41, 5.74) is -0.0610. The van der Waals surface area contributed by atoms with Crippen molar-refractivity contribution in [3.8, 4) is 0 Å². The first kappa shape index (κ1) is 17.3. The largest absolute Gasteiger partial charge is 0.336 e. The molecule has 6 heteroatoms. The molecule has 1 fully saturated rings. The van der Waals surface area contributed by atoms with Crippen LogP contribution in [0.5, 0.6) is 0 Å². The lowest BCUT2D eigenvalue weighted by atomic mass is 9.92. The molecule has 2 rings (SSSR count). The zero-order valence-electron chi connectivity index (χ0n) is 14.6. The number of carbonyl (C=O) groups is 1. The molecular weight excluding hydrogens is 296 g/mol. The molecular formula is C16H28N4OS. The van der Waals surface area contributed by atoms with Crippen LogP contribution in [0.1, 0.15) is 55.8 Å². The molecule has 2 heterocycles. The van der Waals surface area contributed by atoms with Crippen molar-refractivity contribution in [1.82, 2.24) is 20.0 Å². The summed E-state index contributed by atoms with van der Waals surface area (Å²) in [6.45, 7) is 13.9. The second-order valence-corrected chi connectivity index (χ2v) is 8.28. The lowest BCUT2D eigenvalue weighted by molar-refractivity contribution is 0.0519. The molecule has 124 valence electrons. The lowest BCUT2D eigenvalue weighted by Crippen LogP contribution is -2.50. The van der Waals surface area contributed by atoms with Crippen LogP contribution in [-0.2, 0) is 5.41 Å². The molecule has 1 aliphatic heterocycles. The van der Waals surface area contributed by atoms with Crippen LogP contribution >= 0.6 is 11.3 Å². The summed E-state index contributed by atoms with van der Waals surface area (Å²) in [7, 11) is 1.91. The molecule has 0 unspecified atom stereocenters. The average Bonchev–Trinajstić information content (AvgIpc) is 2.95. The molecule has 0 saturated carbocycles. The second-order valence-electron chi connectivity index (χ2n) is 7.30. The smallest absolute Gasteiger partial charge is 0.284 e. The highest BCUT2D eigenvalue weighted by molar-refractivity contribution is 7.13. The third kappa shape index (κ3) is 3.66. The van der Waals surface area contributed by atoms with Gasteiger partial charge >= 0.3 is 0 Å². The zero-order chi connectivity index (χ0) is 16.5. The van der Waals surface area contributed by atoms with Crippen molar-refractivity contribution >= 4 is 17.2 Å². The normalized spacial score (nSPS) is 23.5. The van der Waals surface area contributed by atoms with Gasteiger partial charge in [-0.3, -0.25) is 4.79 Å². The fourth-order valence-corrected chi connectivity index (χ4v) is 3.88. The third-order valence-corrected chi connectivity index (χ3v) is 5.80. The van der Waals surface area contributed by atoms with Gasteiger partial charge in [-0.25, -0.2) is 0 Å². The van der Waals surface area contributed by atoms with Crippen molar-refractivity contribution in [1.29, 1.82) is 0 Å². The number of hydrogen-bond donors (Lipinski definition) is 0. The van der Waals surface area contributed by atoms with E-state index in [0.29, 0.717) is 10.9 Å². The van der Waals surface area contributed by atoms with Crippen LogP contribution in [0.4, 0.5) is 0 Å². The van der Waals surface area contributed by atoms with Crippen molar-refractivity contribution in [2.24, 2.45) is 5.92 Å². The van der Waals surface area contributed by atoms with Crippen LogP contribution in [0, 0.1) is 5.92 Å². The van der Waals surface area contributed by atoms with Gasteiger partial charge in [-0.15, -0.1) is 10.2 Å². The number of amides is 1. The Kier molecular flexibility index (Phi) is 5.22. The summed E-state index contributed by atoms with van der Waals surface area (Å²) < 4.78 is 0. The van der Waals surface area contributed by atoms with E-state index in [-0.39, 0.29) is 17.4 Å². The van der Waals surface area contributed by atoms with Gasteiger partial charge in [0, 0.05) is 31.6 Å². The van der Waals surface area contributed by atoms with Gasteiger partial charge < -0.3 is 9.80 Å². The molecule has 1 amide bonds. The Hall–Kier alpha value is -1.01. The molecule has 1 saturated heterocycles. The molecule has 0 radical (unpaired) electrons. The van der Waals surface area contributed by atoms with Crippen LogP contribution in [0.2, 0.25) is 0 Å². The maximum Gasteiger partial charge on any atom is 0.284 e. The van der Waals surface area contributed by atoms with E-state index in [2.05, 4.69) is 49.7 Å². The number of rotatable bonds is 3. The fourth-order valence-electron chi connectivity index (χ4n) is 3.00. The van der Waals surface area contributed by atoms with E-state index in [4.69, 9.17) is 0 Å². The van der Waals surface area contributed by atoms with E-state index in [0.717, 1.165) is 31.1 Å². The minimum Gasteiger partial charge on any atom is -0.336 e. The summed E-state index contributed by atoms with van der Waals surface area (Å²) in [5.74, 6) is 0.493. The van der Waals surface area contributed by atoms with Gasteiger partial charge in [0.2, 0.25) is 5.01 Å². The summed E-state index contributed by atoms with van der Waals surface area (Å²) in [4.78, 5) is 17.0. The number of carbonyl (C=O) groups excluding carboxylic acids is 1. The van der Waals surface area contributed by atoms with Gasteiger partial charge in [0.05, 0.1) is 0 Å². The van der Waals surface area contributed by atoms with Gasteiger partial charge in [0.15, 0.2) is 0 Å². The van der Waals surface area contributed by atoms with E-state index in [1.807, 2.05) is 11.9 Å². The minimum absolute atomic E-state index is 0.00907. The van der Waals surface area contributed by atoms with E-state index in [9.17, 15) is 4.79 Å². The Balaban J connectivity index is 2.07. The first-order valence-electron chi connectivity index (χ1n) is 8.07. The Morgan fingerprint density at radius 1 is 1.41 bits per heavy atom. The van der Waals surface area contributed by atoms with Gasteiger partial charge in [-0.1, -0.05) is 46.0 Å². The summed E-state index contributed by atoms with van der Waals surface area (Å²) in [5, 5.41) is 9.74. The number of piperidine rings is 1. The van der Waals surface area contributed by atoms with Gasteiger partial charge in [-0.2, -0.15) is 0 Å². The first-order valence-corrected chi connectivity index (χ1v) is 8.89. The molecule has 1 aromatic rings. The maximum atomic E-state index is 12.7. The van der Waals surface area contributed by atoms with Crippen LogP contribution in [0.3, 0.4) is 0 Å². The molecule has 22 heavy (non-hydrogen) atoms. The molecule has 1 aliphatic rings. The topological polar surface area (TPSA) is 49.3 Å². The molecule has 0 bridgehead atoms. The van der Waals surface area contributed by atoms with E-state index in [1.165, 1.54) is 11.3 Å². The fraction of sp³-hybridized carbons (Fsp3) is 0.812. The SMILES string of the molecule is CCN1CC[C@H](N(C)C(=O)c2nnc(C(C)(C)C)s2)[C@H](C)C1. The predicted molar refractivity (Wildman–Crippen MR) is 90.4 cm³/mol. The highest BCUT2D eigenvalue weighted by Crippen LogP contribution is 2.27. The maximum absolute atomic E-state index is 12.7. The number of nitrogens with zero attached hydrogens (tertiary/aromatic N) is 4. The van der Waals surface area contributed by atoms with Crippen molar-refractivity contribution in [2.45, 2.75) is 52.5 Å². The first-order chi connectivity index (χ1) is 10.2.